The maximum absolute atomic E-state index is 11.6. The number of carbonyl (C=O) groups is 1. The minimum absolute atomic E-state index is 0.0948. The summed E-state index contributed by atoms with van der Waals surface area (Å²) in [5.41, 5.74) is 8.00. The van der Waals surface area contributed by atoms with E-state index in [0.29, 0.717) is 19.5 Å². The maximum Gasteiger partial charge on any atom is 0.223 e. The molecular formula is C15H24N2O. The molecule has 1 amide bonds. The number of rotatable bonds is 4. The Hall–Kier alpha value is -1.35. The number of amides is 1. The van der Waals surface area contributed by atoms with Gasteiger partial charge in [0.15, 0.2) is 0 Å². The van der Waals surface area contributed by atoms with Crippen LogP contribution in [0, 0.1) is 0 Å². The van der Waals surface area contributed by atoms with Crippen LogP contribution in [0.5, 0.6) is 0 Å². The average Bonchev–Trinajstić information content (AvgIpc) is 2.28. The van der Waals surface area contributed by atoms with Gasteiger partial charge in [-0.3, -0.25) is 4.79 Å². The normalized spacial score (nSPS) is 11.4. The lowest BCUT2D eigenvalue weighted by atomic mass is 9.87. The van der Waals surface area contributed by atoms with Gasteiger partial charge in [-0.25, -0.2) is 0 Å². The first-order valence-electron chi connectivity index (χ1n) is 6.38. The van der Waals surface area contributed by atoms with Crippen LogP contribution >= 0.6 is 0 Å². The van der Waals surface area contributed by atoms with Crippen LogP contribution in [-0.2, 0) is 16.8 Å². The van der Waals surface area contributed by atoms with E-state index in [1.165, 1.54) is 5.56 Å². The smallest absolute Gasteiger partial charge is 0.223 e. The molecule has 2 N–H and O–H groups in total. The van der Waals surface area contributed by atoms with Crippen LogP contribution in [-0.4, -0.2) is 24.4 Å². The van der Waals surface area contributed by atoms with Gasteiger partial charge in [-0.15, -0.1) is 0 Å². The number of hydrogen-bond donors (Lipinski definition) is 1. The number of carbonyl (C=O) groups excluding carboxylic acids is 1. The van der Waals surface area contributed by atoms with E-state index in [1.54, 1.807) is 4.90 Å². The quantitative estimate of drug-likeness (QED) is 0.888. The van der Waals surface area contributed by atoms with E-state index in [2.05, 4.69) is 45.0 Å². The molecule has 0 bridgehead atoms. The highest BCUT2D eigenvalue weighted by molar-refractivity contribution is 5.76. The highest BCUT2D eigenvalue weighted by atomic mass is 16.2. The Morgan fingerprint density at radius 3 is 2.22 bits per heavy atom. The van der Waals surface area contributed by atoms with Crippen molar-refractivity contribution >= 4 is 5.91 Å². The van der Waals surface area contributed by atoms with Crippen LogP contribution in [0.4, 0.5) is 0 Å². The summed E-state index contributed by atoms with van der Waals surface area (Å²) in [7, 11) is 1.82. The van der Waals surface area contributed by atoms with E-state index < -0.39 is 0 Å². The van der Waals surface area contributed by atoms with Crippen LogP contribution in [0.25, 0.3) is 0 Å². The van der Waals surface area contributed by atoms with Crippen molar-refractivity contribution in [1.29, 1.82) is 0 Å². The molecule has 0 saturated heterocycles. The topological polar surface area (TPSA) is 46.3 Å². The zero-order valence-electron chi connectivity index (χ0n) is 11.9. The van der Waals surface area contributed by atoms with Crippen LogP contribution < -0.4 is 5.73 Å². The summed E-state index contributed by atoms with van der Waals surface area (Å²) in [5, 5.41) is 0. The molecule has 0 aliphatic rings. The second-order valence-electron chi connectivity index (χ2n) is 5.74. The summed E-state index contributed by atoms with van der Waals surface area (Å²) in [6.07, 6.45) is 0.413. The minimum Gasteiger partial charge on any atom is -0.341 e. The van der Waals surface area contributed by atoms with Gasteiger partial charge in [0, 0.05) is 26.6 Å². The predicted molar refractivity (Wildman–Crippen MR) is 75.3 cm³/mol. The first kappa shape index (κ1) is 14.7. The first-order valence-corrected chi connectivity index (χ1v) is 6.38. The van der Waals surface area contributed by atoms with Crippen molar-refractivity contribution in [3.8, 4) is 0 Å². The standard InChI is InChI=1S/C15H24N2O/c1-15(2,3)13-7-5-12(6-8-13)11-17(4)14(18)9-10-16/h5-8H,9-11,16H2,1-4H3. The van der Waals surface area contributed by atoms with Crippen molar-refractivity contribution in [2.24, 2.45) is 5.73 Å². The maximum atomic E-state index is 11.6. The molecule has 3 nitrogen and oxygen atoms in total. The third-order valence-electron chi connectivity index (χ3n) is 3.02. The second kappa shape index (κ2) is 6.01. The molecule has 1 rings (SSSR count). The van der Waals surface area contributed by atoms with Gasteiger partial charge in [-0.2, -0.15) is 0 Å². The molecule has 0 saturated carbocycles. The van der Waals surface area contributed by atoms with E-state index in [1.807, 2.05) is 7.05 Å². The van der Waals surface area contributed by atoms with Crippen LogP contribution in [0.2, 0.25) is 0 Å². The van der Waals surface area contributed by atoms with Crippen molar-refractivity contribution < 1.29 is 4.79 Å². The zero-order chi connectivity index (χ0) is 13.8. The van der Waals surface area contributed by atoms with E-state index >= 15 is 0 Å². The van der Waals surface area contributed by atoms with Crippen LogP contribution in [0.1, 0.15) is 38.3 Å². The Labute approximate surface area is 110 Å². The molecule has 0 spiro atoms. The molecule has 0 aliphatic carbocycles. The summed E-state index contributed by atoms with van der Waals surface area (Å²) in [5.74, 6) is 0.0948. The average molecular weight is 248 g/mol. The summed E-state index contributed by atoms with van der Waals surface area (Å²) in [6.45, 7) is 7.63. The molecule has 18 heavy (non-hydrogen) atoms. The second-order valence-corrected chi connectivity index (χ2v) is 5.74. The molecule has 0 heterocycles. The Balaban J connectivity index is 2.67. The highest BCUT2D eigenvalue weighted by Gasteiger charge is 2.13. The van der Waals surface area contributed by atoms with Gasteiger partial charge in [0.2, 0.25) is 5.91 Å². The first-order chi connectivity index (χ1) is 8.34. The molecular weight excluding hydrogens is 224 g/mol. The largest absolute Gasteiger partial charge is 0.341 e. The van der Waals surface area contributed by atoms with Gasteiger partial charge in [0.25, 0.3) is 0 Å². The molecule has 3 heteroatoms. The Morgan fingerprint density at radius 2 is 1.78 bits per heavy atom. The number of nitrogens with zero attached hydrogens (tertiary/aromatic N) is 1. The summed E-state index contributed by atoms with van der Waals surface area (Å²) in [6, 6.07) is 8.45. The third-order valence-corrected chi connectivity index (χ3v) is 3.02. The van der Waals surface area contributed by atoms with E-state index in [0.717, 1.165) is 5.56 Å². The van der Waals surface area contributed by atoms with E-state index in [-0.39, 0.29) is 11.3 Å². The lowest BCUT2D eigenvalue weighted by Crippen LogP contribution is -2.27. The number of benzene rings is 1. The molecule has 0 aromatic heterocycles. The summed E-state index contributed by atoms with van der Waals surface area (Å²) < 4.78 is 0. The fraction of sp³-hybridized carbons (Fsp3) is 0.533. The Bertz CT molecular complexity index is 390. The predicted octanol–water partition coefficient (Wildman–Crippen LogP) is 2.29. The minimum atomic E-state index is 0.0948. The Morgan fingerprint density at radius 1 is 1.22 bits per heavy atom. The van der Waals surface area contributed by atoms with Crippen molar-refractivity contribution in [2.45, 2.75) is 39.2 Å². The van der Waals surface area contributed by atoms with Crippen molar-refractivity contribution in [2.75, 3.05) is 13.6 Å². The number of hydrogen-bond acceptors (Lipinski definition) is 2. The highest BCUT2D eigenvalue weighted by Crippen LogP contribution is 2.22. The van der Waals surface area contributed by atoms with Crippen molar-refractivity contribution in [3.63, 3.8) is 0 Å². The fourth-order valence-corrected chi connectivity index (χ4v) is 1.79. The molecule has 1 aromatic rings. The van der Waals surface area contributed by atoms with Gasteiger partial charge in [0.1, 0.15) is 0 Å². The molecule has 0 fully saturated rings. The van der Waals surface area contributed by atoms with Gasteiger partial charge in [0.05, 0.1) is 0 Å². The molecule has 0 atom stereocenters. The van der Waals surface area contributed by atoms with Gasteiger partial charge >= 0.3 is 0 Å². The van der Waals surface area contributed by atoms with E-state index in [4.69, 9.17) is 5.73 Å². The van der Waals surface area contributed by atoms with E-state index in [9.17, 15) is 4.79 Å². The van der Waals surface area contributed by atoms with Crippen LogP contribution in [0.15, 0.2) is 24.3 Å². The fourth-order valence-electron chi connectivity index (χ4n) is 1.79. The SMILES string of the molecule is CN(Cc1ccc(C(C)(C)C)cc1)C(=O)CCN. The zero-order valence-corrected chi connectivity index (χ0v) is 11.9. The van der Waals surface area contributed by atoms with Gasteiger partial charge in [-0.1, -0.05) is 45.0 Å². The molecule has 0 unspecified atom stereocenters. The number of nitrogens with two attached hydrogens (primary N) is 1. The summed E-state index contributed by atoms with van der Waals surface area (Å²) in [4.78, 5) is 13.3. The Kier molecular flexibility index (Phi) is 4.91. The molecule has 100 valence electrons. The van der Waals surface area contributed by atoms with Crippen molar-refractivity contribution in [1.82, 2.24) is 4.90 Å². The lowest BCUT2D eigenvalue weighted by Gasteiger charge is -2.20. The van der Waals surface area contributed by atoms with Crippen LogP contribution in [0.3, 0.4) is 0 Å². The molecule has 1 aromatic carbocycles. The van der Waals surface area contributed by atoms with Gasteiger partial charge in [-0.05, 0) is 16.5 Å². The van der Waals surface area contributed by atoms with Gasteiger partial charge < -0.3 is 10.6 Å². The molecule has 0 radical (unpaired) electrons. The monoisotopic (exact) mass is 248 g/mol. The molecule has 0 aliphatic heterocycles. The lowest BCUT2D eigenvalue weighted by molar-refractivity contribution is -0.130. The van der Waals surface area contributed by atoms with Crippen molar-refractivity contribution in [3.05, 3.63) is 35.4 Å². The summed E-state index contributed by atoms with van der Waals surface area (Å²) >= 11 is 0. The third kappa shape index (κ3) is 4.15.